The minimum Gasteiger partial charge on any atom is -0.304 e. The van der Waals surface area contributed by atoms with Gasteiger partial charge in [0.05, 0.1) is 0 Å². The maximum absolute atomic E-state index is 5.24. The van der Waals surface area contributed by atoms with Crippen LogP contribution < -0.4 is 0 Å². The molecule has 0 atom stereocenters. The maximum atomic E-state index is 5.24. The van der Waals surface area contributed by atoms with Crippen LogP contribution in [0.25, 0.3) is 144 Å². The van der Waals surface area contributed by atoms with Crippen molar-refractivity contribution in [2.45, 2.75) is 13.8 Å². The number of hydrogen-bond acceptors (Lipinski definition) is 3. The van der Waals surface area contributed by atoms with E-state index in [0.717, 1.165) is 123 Å². The molecule has 382 valence electrons. The first-order valence-electron chi connectivity index (χ1n) is 27.1. The molecule has 0 N–H and O–H groups in total. The summed E-state index contributed by atoms with van der Waals surface area (Å²) in [5.74, 6) is 0. The van der Waals surface area contributed by atoms with E-state index in [1.54, 1.807) is 0 Å². The smallest absolute Gasteiger partial charge is 0.304 e. The largest absolute Gasteiger partial charge is 3.00 e. The van der Waals surface area contributed by atoms with E-state index in [4.69, 9.17) is 15.0 Å². The van der Waals surface area contributed by atoms with Crippen molar-refractivity contribution < 1.29 is 20.1 Å². The Bertz CT molecular complexity index is 4480. The van der Waals surface area contributed by atoms with Crippen molar-refractivity contribution >= 4 is 32.3 Å². The molecule has 0 fully saturated rings. The van der Waals surface area contributed by atoms with Crippen LogP contribution in [0.5, 0.6) is 0 Å². The van der Waals surface area contributed by atoms with Crippen LogP contribution in [0.2, 0.25) is 0 Å². The quantitative estimate of drug-likeness (QED) is 0.101. The van der Waals surface area contributed by atoms with Gasteiger partial charge in [0.2, 0.25) is 0 Å². The van der Waals surface area contributed by atoms with Crippen LogP contribution in [0, 0.1) is 32.0 Å². The molecule has 0 aliphatic heterocycles. The zero-order chi connectivity index (χ0) is 53.5. The first-order valence-corrected chi connectivity index (χ1v) is 27.1. The van der Waals surface area contributed by atoms with Crippen molar-refractivity contribution in [3.63, 3.8) is 0 Å². The molecule has 0 aliphatic carbocycles. The molecular formula is C77H50IrN3. The summed E-state index contributed by atoms with van der Waals surface area (Å²) in [6, 6.07) is 98.9. The third kappa shape index (κ3) is 9.55. The van der Waals surface area contributed by atoms with E-state index < -0.39 is 0 Å². The van der Waals surface area contributed by atoms with E-state index in [9.17, 15) is 0 Å². The van der Waals surface area contributed by atoms with E-state index >= 15 is 0 Å². The van der Waals surface area contributed by atoms with Gasteiger partial charge in [-0.1, -0.05) is 152 Å². The summed E-state index contributed by atoms with van der Waals surface area (Å²) in [6.45, 7) is 4.36. The number of pyridine rings is 3. The topological polar surface area (TPSA) is 38.7 Å². The Kier molecular flexibility index (Phi) is 13.7. The summed E-state index contributed by atoms with van der Waals surface area (Å²) in [6.07, 6.45) is 6.12. The number of aromatic nitrogens is 3. The molecule has 14 rings (SSSR count). The molecule has 14 aromatic rings. The van der Waals surface area contributed by atoms with Gasteiger partial charge in [-0.3, -0.25) is 0 Å². The Labute approximate surface area is 486 Å². The first-order chi connectivity index (χ1) is 39.5. The van der Waals surface area contributed by atoms with Gasteiger partial charge >= 0.3 is 20.1 Å². The van der Waals surface area contributed by atoms with Gasteiger partial charge in [0.25, 0.3) is 0 Å². The zero-order valence-corrected chi connectivity index (χ0v) is 47.0. The fourth-order valence-electron chi connectivity index (χ4n) is 11.8. The third-order valence-corrected chi connectivity index (χ3v) is 15.7. The molecule has 4 heteroatoms. The molecule has 11 aromatic carbocycles. The molecular weight excluding hydrogens is 1160 g/mol. The average molecular weight is 1210 g/mol. The second kappa shape index (κ2) is 21.9. The number of benzene rings is 11. The van der Waals surface area contributed by atoms with Crippen LogP contribution in [0.4, 0.5) is 0 Å². The van der Waals surface area contributed by atoms with Gasteiger partial charge in [-0.25, -0.2) is 0 Å². The molecule has 0 bridgehead atoms. The Hall–Kier alpha value is -9.70. The summed E-state index contributed by atoms with van der Waals surface area (Å²) in [4.78, 5) is 15.3. The SMILES string of the molecule is Cc1cc(-c2[c-]cccc2)ncc1-c1ccccc1-c1cc(-c2ccccc2-c2cnc(-c3[c-]cccc3)cc2C)cc(-c2ccccc2-c2cnc(-c3[c-]cccc3)cc2-c2ccc3c4ccccc4c4ccccc4c3c2)c1.[Ir+3]. The van der Waals surface area contributed by atoms with Gasteiger partial charge in [0.15, 0.2) is 0 Å². The third-order valence-electron chi connectivity index (χ3n) is 15.7. The Morgan fingerprint density at radius 2 is 0.580 bits per heavy atom. The van der Waals surface area contributed by atoms with Gasteiger partial charge in [0, 0.05) is 35.3 Å². The molecule has 0 spiro atoms. The van der Waals surface area contributed by atoms with Gasteiger partial charge in [-0.2, -0.15) is 0 Å². The Morgan fingerprint density at radius 3 is 0.975 bits per heavy atom. The molecule has 3 heterocycles. The van der Waals surface area contributed by atoms with Gasteiger partial charge in [-0.05, 0) is 160 Å². The Morgan fingerprint density at radius 1 is 0.247 bits per heavy atom. The van der Waals surface area contributed by atoms with E-state index in [0.29, 0.717) is 0 Å². The van der Waals surface area contributed by atoms with Crippen molar-refractivity contribution in [3.05, 3.63) is 297 Å². The van der Waals surface area contributed by atoms with Crippen LogP contribution in [0.15, 0.2) is 267 Å². The molecule has 0 saturated heterocycles. The summed E-state index contributed by atoms with van der Waals surface area (Å²) < 4.78 is 0. The Balaban J connectivity index is 0.00000618. The van der Waals surface area contributed by atoms with E-state index in [-0.39, 0.29) is 20.1 Å². The minimum absolute atomic E-state index is 0. The summed E-state index contributed by atoms with van der Waals surface area (Å²) in [5, 5.41) is 7.42. The predicted octanol–water partition coefficient (Wildman–Crippen LogP) is 20.0. The molecule has 81 heavy (non-hydrogen) atoms. The second-order valence-corrected chi connectivity index (χ2v) is 20.5. The van der Waals surface area contributed by atoms with E-state index in [2.05, 4.69) is 238 Å². The molecule has 0 aliphatic rings. The standard InChI is InChI=1S/C77H50N3.Ir/c1-50-40-75(52-22-6-3-7-23-52)78-47-72(50)62-31-15-12-28-59(62)56-42-57(60-29-13-16-32-63(60)73-48-79-76(41-51(73)2)53-24-8-4-9-25-53)44-58(43-56)61-30-14-17-33-64(61)74-49-80-77(54-26-10-5-11-27-54)46-70(74)55-38-39-69-67-36-19-18-34-65(67)66-35-20-21-37-68(66)71(69)45-55;/h3-22,24,26,28-49H,1-2H3;/q-3;+3. The number of hydrogen-bond donors (Lipinski definition) is 0. The fraction of sp³-hybridized carbons (Fsp3) is 0.0260. The van der Waals surface area contributed by atoms with Crippen molar-refractivity contribution in [1.29, 1.82) is 0 Å². The fourth-order valence-corrected chi connectivity index (χ4v) is 11.8. The number of rotatable bonds is 10. The van der Waals surface area contributed by atoms with Crippen molar-refractivity contribution in [2.75, 3.05) is 0 Å². The van der Waals surface area contributed by atoms with Crippen LogP contribution in [0.1, 0.15) is 11.1 Å². The van der Waals surface area contributed by atoms with Crippen LogP contribution in [-0.2, 0) is 20.1 Å². The van der Waals surface area contributed by atoms with E-state index in [1.807, 2.05) is 60.9 Å². The van der Waals surface area contributed by atoms with Crippen LogP contribution in [-0.4, -0.2) is 15.0 Å². The van der Waals surface area contributed by atoms with Gasteiger partial charge < -0.3 is 15.0 Å². The molecule has 3 nitrogen and oxygen atoms in total. The molecule has 0 unspecified atom stereocenters. The zero-order valence-electron chi connectivity index (χ0n) is 44.6. The number of fused-ring (bicyclic) bond motifs is 6. The summed E-state index contributed by atoms with van der Waals surface area (Å²) in [5.41, 5.74) is 23.1. The first kappa shape index (κ1) is 50.8. The minimum atomic E-state index is 0. The normalized spacial score (nSPS) is 11.2. The van der Waals surface area contributed by atoms with E-state index in [1.165, 1.54) is 32.3 Å². The molecule has 3 aromatic heterocycles. The molecule has 0 radical (unpaired) electrons. The number of nitrogens with zero attached hydrogens (tertiary/aromatic N) is 3. The van der Waals surface area contributed by atoms with Crippen LogP contribution >= 0.6 is 0 Å². The second-order valence-electron chi connectivity index (χ2n) is 20.5. The van der Waals surface area contributed by atoms with Crippen molar-refractivity contribution in [1.82, 2.24) is 15.0 Å². The van der Waals surface area contributed by atoms with Crippen molar-refractivity contribution in [2.24, 2.45) is 0 Å². The molecule has 0 amide bonds. The predicted molar refractivity (Wildman–Crippen MR) is 333 cm³/mol. The monoisotopic (exact) mass is 1210 g/mol. The summed E-state index contributed by atoms with van der Waals surface area (Å²) >= 11 is 0. The maximum Gasteiger partial charge on any atom is 3.00 e. The summed E-state index contributed by atoms with van der Waals surface area (Å²) in [7, 11) is 0. The number of aryl methyl sites for hydroxylation is 2. The van der Waals surface area contributed by atoms with Crippen LogP contribution in [0.3, 0.4) is 0 Å². The van der Waals surface area contributed by atoms with Crippen molar-refractivity contribution in [3.8, 4) is 112 Å². The van der Waals surface area contributed by atoms with Gasteiger partial charge in [-0.15, -0.1) is 108 Å². The average Bonchev–Trinajstić information content (AvgIpc) is 3.71. The van der Waals surface area contributed by atoms with Gasteiger partial charge in [0.1, 0.15) is 0 Å². The molecule has 0 saturated carbocycles.